The predicted molar refractivity (Wildman–Crippen MR) is 102 cm³/mol. The number of amides is 1. The van der Waals surface area contributed by atoms with Crippen molar-refractivity contribution in [3.63, 3.8) is 0 Å². The maximum atomic E-state index is 12.9. The van der Waals surface area contributed by atoms with Gasteiger partial charge in [-0.05, 0) is 49.6 Å². The molecular weight excluding hydrogens is 382 g/mol. The smallest absolute Gasteiger partial charge is 0.275 e. The lowest BCUT2D eigenvalue weighted by atomic mass is 10.2. The van der Waals surface area contributed by atoms with Crippen molar-refractivity contribution < 1.29 is 4.79 Å². The number of fused-ring (bicyclic) bond motifs is 3. The van der Waals surface area contributed by atoms with Crippen LogP contribution in [0.15, 0.2) is 45.8 Å². The van der Waals surface area contributed by atoms with E-state index in [0.717, 1.165) is 41.4 Å². The van der Waals surface area contributed by atoms with Gasteiger partial charge >= 0.3 is 0 Å². The Labute approximate surface area is 154 Å². The number of aromatic nitrogens is 2. The minimum atomic E-state index is -0.00998. The van der Waals surface area contributed by atoms with Crippen LogP contribution in [0.25, 0.3) is 16.6 Å². The number of hydrogen-bond donors (Lipinski definition) is 0. The van der Waals surface area contributed by atoms with Gasteiger partial charge in [0.2, 0.25) is 5.91 Å². The Hall–Kier alpha value is -2.08. The van der Waals surface area contributed by atoms with E-state index >= 15 is 0 Å². The molecule has 0 N–H and O–H groups in total. The summed E-state index contributed by atoms with van der Waals surface area (Å²) in [6.45, 7) is 2.31. The highest BCUT2D eigenvalue weighted by Gasteiger charge is 2.17. The third kappa shape index (κ3) is 2.99. The Bertz CT molecular complexity index is 999. The second-order valence-electron chi connectivity index (χ2n) is 6.54. The summed E-state index contributed by atoms with van der Waals surface area (Å²) in [5, 5.41) is 0. The molecule has 0 aliphatic carbocycles. The zero-order valence-corrected chi connectivity index (χ0v) is 15.5. The third-order valence-corrected chi connectivity index (χ3v) is 5.43. The van der Waals surface area contributed by atoms with Crippen molar-refractivity contribution in [1.82, 2.24) is 13.9 Å². The molecule has 2 aromatic heterocycles. The number of halogens is 1. The van der Waals surface area contributed by atoms with Gasteiger partial charge in [-0.25, -0.2) is 0 Å². The fourth-order valence-corrected chi connectivity index (χ4v) is 4.01. The van der Waals surface area contributed by atoms with E-state index in [9.17, 15) is 9.59 Å². The molecule has 1 aliphatic rings. The highest BCUT2D eigenvalue weighted by Crippen LogP contribution is 2.21. The summed E-state index contributed by atoms with van der Waals surface area (Å²) in [5.41, 5.74) is 2.54. The molecule has 0 spiro atoms. The summed E-state index contributed by atoms with van der Waals surface area (Å²) in [5.74, 6) is 0.208. The van der Waals surface area contributed by atoms with Crippen molar-refractivity contribution in [1.29, 1.82) is 0 Å². The molecule has 1 fully saturated rings. The lowest BCUT2D eigenvalue weighted by Crippen LogP contribution is -2.28. The first-order valence-electron chi connectivity index (χ1n) is 8.72. The van der Waals surface area contributed by atoms with E-state index in [1.54, 1.807) is 4.57 Å². The first kappa shape index (κ1) is 16.4. The average Bonchev–Trinajstić information content (AvgIpc) is 3.28. The second-order valence-corrected chi connectivity index (χ2v) is 7.46. The normalized spacial score (nSPS) is 14.7. The zero-order chi connectivity index (χ0) is 17.4. The summed E-state index contributed by atoms with van der Waals surface area (Å²) in [6.07, 6.45) is 5.29. The van der Waals surface area contributed by atoms with Crippen molar-refractivity contribution in [3.8, 4) is 0 Å². The van der Waals surface area contributed by atoms with Crippen LogP contribution < -0.4 is 5.56 Å². The van der Waals surface area contributed by atoms with Crippen molar-refractivity contribution in [2.75, 3.05) is 13.1 Å². The van der Waals surface area contributed by atoms with E-state index in [0.29, 0.717) is 24.9 Å². The molecular formula is C19H20BrN3O2. The Kier molecular flexibility index (Phi) is 4.37. The minimum Gasteiger partial charge on any atom is -0.343 e. The van der Waals surface area contributed by atoms with Gasteiger partial charge in [-0.1, -0.05) is 15.9 Å². The minimum absolute atomic E-state index is 0.00998. The van der Waals surface area contributed by atoms with Crippen LogP contribution in [0.5, 0.6) is 0 Å². The molecule has 0 atom stereocenters. The van der Waals surface area contributed by atoms with Crippen LogP contribution in [-0.2, 0) is 11.3 Å². The standard InChI is InChI=1S/C19H20BrN3O2/c20-14-7-8-15-17(13-14)23(19(25)16-5-3-11-22(15)16)12-4-6-18(24)21-9-1-2-10-21/h3,5,7-8,11,13H,1-2,4,6,9-10,12H2. The third-order valence-electron chi connectivity index (χ3n) is 4.93. The van der Waals surface area contributed by atoms with Crippen LogP contribution in [0.2, 0.25) is 0 Å². The fourth-order valence-electron chi connectivity index (χ4n) is 3.66. The van der Waals surface area contributed by atoms with Gasteiger partial charge in [-0.15, -0.1) is 0 Å². The number of carbonyl (C=O) groups excluding carboxylic acids is 1. The van der Waals surface area contributed by atoms with Crippen LogP contribution >= 0.6 is 15.9 Å². The molecule has 4 rings (SSSR count). The Morgan fingerprint density at radius 1 is 1.08 bits per heavy atom. The van der Waals surface area contributed by atoms with E-state index < -0.39 is 0 Å². The van der Waals surface area contributed by atoms with Gasteiger partial charge in [0.25, 0.3) is 5.56 Å². The molecule has 1 aliphatic heterocycles. The second kappa shape index (κ2) is 6.67. The Morgan fingerprint density at radius 3 is 2.68 bits per heavy atom. The van der Waals surface area contributed by atoms with E-state index in [1.807, 2.05) is 45.8 Å². The molecule has 1 amide bonds. The van der Waals surface area contributed by atoms with Crippen molar-refractivity contribution in [2.45, 2.75) is 32.2 Å². The molecule has 130 valence electrons. The molecule has 1 aromatic carbocycles. The van der Waals surface area contributed by atoms with E-state index in [1.165, 1.54) is 0 Å². The fraction of sp³-hybridized carbons (Fsp3) is 0.368. The highest BCUT2D eigenvalue weighted by molar-refractivity contribution is 9.10. The molecule has 5 nitrogen and oxygen atoms in total. The quantitative estimate of drug-likeness (QED) is 0.672. The molecule has 0 bridgehead atoms. The van der Waals surface area contributed by atoms with E-state index in [4.69, 9.17) is 0 Å². The monoisotopic (exact) mass is 401 g/mol. The topological polar surface area (TPSA) is 46.7 Å². The van der Waals surface area contributed by atoms with E-state index in [2.05, 4.69) is 15.9 Å². The van der Waals surface area contributed by atoms with Crippen LogP contribution in [0.4, 0.5) is 0 Å². The molecule has 0 unspecified atom stereocenters. The number of nitrogens with zero attached hydrogens (tertiary/aromatic N) is 3. The van der Waals surface area contributed by atoms with Gasteiger partial charge in [0.1, 0.15) is 5.52 Å². The summed E-state index contributed by atoms with van der Waals surface area (Å²) in [6, 6.07) is 9.69. The molecule has 1 saturated heterocycles. The highest BCUT2D eigenvalue weighted by atomic mass is 79.9. The van der Waals surface area contributed by atoms with Crippen molar-refractivity contribution >= 4 is 38.4 Å². The number of rotatable bonds is 4. The van der Waals surface area contributed by atoms with Crippen molar-refractivity contribution in [2.24, 2.45) is 0 Å². The van der Waals surface area contributed by atoms with Crippen LogP contribution in [-0.4, -0.2) is 32.9 Å². The Balaban J connectivity index is 1.65. The molecule has 3 aromatic rings. The van der Waals surface area contributed by atoms with Crippen LogP contribution in [0.3, 0.4) is 0 Å². The zero-order valence-electron chi connectivity index (χ0n) is 13.9. The lowest BCUT2D eigenvalue weighted by molar-refractivity contribution is -0.130. The summed E-state index contributed by atoms with van der Waals surface area (Å²) in [7, 11) is 0. The molecule has 25 heavy (non-hydrogen) atoms. The SMILES string of the molecule is O=C(CCCn1c(=O)c2cccn2c2ccc(Br)cc21)N1CCCC1. The van der Waals surface area contributed by atoms with Gasteiger partial charge in [0.05, 0.1) is 11.0 Å². The van der Waals surface area contributed by atoms with Gasteiger partial charge in [-0.2, -0.15) is 0 Å². The molecule has 3 heterocycles. The van der Waals surface area contributed by atoms with Gasteiger partial charge in [0, 0.05) is 36.7 Å². The van der Waals surface area contributed by atoms with Crippen molar-refractivity contribution in [3.05, 3.63) is 51.4 Å². The van der Waals surface area contributed by atoms with E-state index in [-0.39, 0.29) is 11.5 Å². The van der Waals surface area contributed by atoms with Gasteiger partial charge < -0.3 is 13.9 Å². The Morgan fingerprint density at radius 2 is 1.88 bits per heavy atom. The van der Waals surface area contributed by atoms with Gasteiger partial charge in [-0.3, -0.25) is 9.59 Å². The summed E-state index contributed by atoms with van der Waals surface area (Å²) >= 11 is 3.50. The summed E-state index contributed by atoms with van der Waals surface area (Å²) in [4.78, 5) is 27.1. The number of likely N-dealkylation sites (tertiary alicyclic amines) is 1. The maximum Gasteiger partial charge on any atom is 0.275 e. The number of aryl methyl sites for hydroxylation is 1. The number of carbonyl (C=O) groups is 1. The van der Waals surface area contributed by atoms with Crippen LogP contribution in [0, 0.1) is 0 Å². The first-order chi connectivity index (χ1) is 12.1. The largest absolute Gasteiger partial charge is 0.343 e. The average molecular weight is 402 g/mol. The molecule has 0 radical (unpaired) electrons. The maximum absolute atomic E-state index is 12.9. The first-order valence-corrected chi connectivity index (χ1v) is 9.51. The predicted octanol–water partition coefficient (Wildman–Crippen LogP) is 3.42. The lowest BCUT2D eigenvalue weighted by Gasteiger charge is -2.16. The van der Waals surface area contributed by atoms with Crippen LogP contribution in [0.1, 0.15) is 25.7 Å². The molecule has 0 saturated carbocycles. The number of hydrogen-bond acceptors (Lipinski definition) is 2. The van der Waals surface area contributed by atoms with Gasteiger partial charge in [0.15, 0.2) is 0 Å². The summed E-state index contributed by atoms with van der Waals surface area (Å²) < 4.78 is 4.66. The number of benzene rings is 1. The molecule has 6 heteroatoms.